The van der Waals surface area contributed by atoms with E-state index in [0.29, 0.717) is 0 Å². The summed E-state index contributed by atoms with van der Waals surface area (Å²) in [4.78, 5) is 4.26. The molecule has 0 spiro atoms. The van der Waals surface area contributed by atoms with Crippen LogP contribution in [0.1, 0.15) is 39.4 Å². The van der Waals surface area contributed by atoms with Crippen LogP contribution in [0.5, 0.6) is 0 Å². The molecule has 3 heteroatoms. The molecule has 14 heavy (non-hydrogen) atoms. The molecule has 0 aliphatic heterocycles. The van der Waals surface area contributed by atoms with Gasteiger partial charge in [0.15, 0.2) is 0 Å². The van der Waals surface area contributed by atoms with E-state index in [-0.39, 0.29) is 4.75 Å². The van der Waals surface area contributed by atoms with E-state index in [1.54, 1.807) is 24.9 Å². The lowest BCUT2D eigenvalue weighted by Gasteiger charge is -2.17. The van der Waals surface area contributed by atoms with Crippen molar-refractivity contribution in [3.63, 3.8) is 0 Å². The van der Waals surface area contributed by atoms with Crippen LogP contribution < -0.4 is 0 Å². The van der Waals surface area contributed by atoms with E-state index in [1.807, 2.05) is 12.1 Å². The molecule has 0 bridgehead atoms. The summed E-state index contributed by atoms with van der Waals surface area (Å²) in [7, 11) is 0. The van der Waals surface area contributed by atoms with Crippen molar-refractivity contribution in [3.05, 3.63) is 23.9 Å². The van der Waals surface area contributed by atoms with Crippen molar-refractivity contribution in [2.45, 2.75) is 43.6 Å². The Hall–Kier alpha value is -0.540. The van der Waals surface area contributed by atoms with Crippen molar-refractivity contribution >= 4 is 11.8 Å². The van der Waals surface area contributed by atoms with Crippen molar-refractivity contribution in [1.82, 2.24) is 4.98 Å². The molecule has 1 unspecified atom stereocenters. The first-order chi connectivity index (χ1) is 6.38. The van der Waals surface area contributed by atoms with Gasteiger partial charge in [0, 0.05) is 10.9 Å². The molecule has 0 amide bonds. The minimum atomic E-state index is -0.419. The molecular formula is C11H17NOS. The van der Waals surface area contributed by atoms with Crippen LogP contribution in [0.15, 0.2) is 23.4 Å². The van der Waals surface area contributed by atoms with E-state index in [9.17, 15) is 5.11 Å². The molecule has 2 nitrogen and oxygen atoms in total. The zero-order valence-corrected chi connectivity index (χ0v) is 9.93. The lowest BCUT2D eigenvalue weighted by atomic mass is 10.2. The molecule has 1 aromatic heterocycles. The Morgan fingerprint density at radius 2 is 2.07 bits per heavy atom. The Labute approximate surface area is 89.8 Å². The van der Waals surface area contributed by atoms with Crippen LogP contribution >= 0.6 is 11.8 Å². The van der Waals surface area contributed by atoms with Gasteiger partial charge in [-0.05, 0) is 24.6 Å². The molecule has 1 heterocycles. The number of hydrogen-bond donors (Lipinski definition) is 1. The summed E-state index contributed by atoms with van der Waals surface area (Å²) in [6.07, 6.45) is 1.33. The SMILES string of the molecule is CC(O)c1ccnc(SC(C)(C)C)c1. The Morgan fingerprint density at radius 1 is 1.43 bits per heavy atom. The van der Waals surface area contributed by atoms with Crippen LogP contribution in [-0.4, -0.2) is 14.8 Å². The summed E-state index contributed by atoms with van der Waals surface area (Å²) in [6, 6.07) is 3.79. The van der Waals surface area contributed by atoms with Crippen molar-refractivity contribution in [2.24, 2.45) is 0 Å². The zero-order valence-electron chi connectivity index (χ0n) is 9.11. The first kappa shape index (κ1) is 11.5. The first-order valence-corrected chi connectivity index (χ1v) is 5.53. The van der Waals surface area contributed by atoms with Gasteiger partial charge < -0.3 is 5.11 Å². The quantitative estimate of drug-likeness (QED) is 0.763. The molecular weight excluding hydrogens is 194 g/mol. The fourth-order valence-corrected chi connectivity index (χ4v) is 1.99. The van der Waals surface area contributed by atoms with Gasteiger partial charge in [-0.3, -0.25) is 0 Å². The minimum absolute atomic E-state index is 0.157. The number of aromatic nitrogens is 1. The predicted octanol–water partition coefficient (Wildman–Crippen LogP) is 3.03. The highest BCUT2D eigenvalue weighted by atomic mass is 32.2. The molecule has 0 aromatic carbocycles. The van der Waals surface area contributed by atoms with Crippen LogP contribution in [0, 0.1) is 0 Å². The molecule has 0 aliphatic carbocycles. The summed E-state index contributed by atoms with van der Waals surface area (Å²) in [5.41, 5.74) is 0.923. The molecule has 1 rings (SSSR count). The van der Waals surface area contributed by atoms with Crippen LogP contribution in [-0.2, 0) is 0 Å². The maximum atomic E-state index is 9.41. The number of pyridine rings is 1. The first-order valence-electron chi connectivity index (χ1n) is 4.71. The van der Waals surface area contributed by atoms with Gasteiger partial charge >= 0.3 is 0 Å². The summed E-state index contributed by atoms with van der Waals surface area (Å²) in [5.74, 6) is 0. The molecule has 0 saturated carbocycles. The maximum absolute atomic E-state index is 9.41. The topological polar surface area (TPSA) is 33.1 Å². The fraction of sp³-hybridized carbons (Fsp3) is 0.545. The molecule has 1 aromatic rings. The van der Waals surface area contributed by atoms with Crippen LogP contribution in [0.4, 0.5) is 0 Å². The Kier molecular flexibility index (Phi) is 3.56. The molecule has 0 radical (unpaired) electrons. The standard InChI is InChI=1S/C11H17NOS/c1-8(13)9-5-6-12-10(7-9)14-11(2,3)4/h5-8,13H,1-4H3. The lowest BCUT2D eigenvalue weighted by Crippen LogP contribution is -2.07. The number of nitrogens with zero attached hydrogens (tertiary/aromatic N) is 1. The molecule has 78 valence electrons. The number of aliphatic hydroxyl groups is 1. The van der Waals surface area contributed by atoms with E-state index in [1.165, 1.54) is 0 Å². The third kappa shape index (κ3) is 3.68. The molecule has 0 aliphatic rings. The van der Waals surface area contributed by atoms with Gasteiger partial charge in [-0.2, -0.15) is 0 Å². The van der Waals surface area contributed by atoms with Gasteiger partial charge in [0.1, 0.15) is 0 Å². The molecule has 0 saturated heterocycles. The lowest BCUT2D eigenvalue weighted by molar-refractivity contribution is 0.199. The third-order valence-electron chi connectivity index (χ3n) is 1.65. The van der Waals surface area contributed by atoms with Gasteiger partial charge in [-0.15, -0.1) is 11.8 Å². The fourth-order valence-electron chi connectivity index (χ4n) is 1.05. The van der Waals surface area contributed by atoms with Crippen molar-refractivity contribution in [1.29, 1.82) is 0 Å². The number of aliphatic hydroxyl groups excluding tert-OH is 1. The van der Waals surface area contributed by atoms with Crippen molar-refractivity contribution in [3.8, 4) is 0 Å². The van der Waals surface area contributed by atoms with E-state index in [4.69, 9.17) is 0 Å². The van der Waals surface area contributed by atoms with Gasteiger partial charge in [-0.25, -0.2) is 4.98 Å². The third-order valence-corrected chi connectivity index (χ3v) is 2.70. The average Bonchev–Trinajstić information content (AvgIpc) is 2.01. The number of hydrogen-bond acceptors (Lipinski definition) is 3. The van der Waals surface area contributed by atoms with E-state index in [0.717, 1.165) is 10.6 Å². The molecule has 0 fully saturated rings. The van der Waals surface area contributed by atoms with Gasteiger partial charge in [-0.1, -0.05) is 20.8 Å². The second kappa shape index (κ2) is 4.32. The smallest absolute Gasteiger partial charge is 0.0968 e. The summed E-state index contributed by atoms with van der Waals surface area (Å²) >= 11 is 1.71. The largest absolute Gasteiger partial charge is 0.389 e. The van der Waals surface area contributed by atoms with Gasteiger partial charge in [0.2, 0.25) is 0 Å². The Bertz CT molecular complexity index is 304. The number of rotatable bonds is 2. The highest BCUT2D eigenvalue weighted by Crippen LogP contribution is 2.31. The predicted molar refractivity (Wildman–Crippen MR) is 60.5 cm³/mol. The Balaban J connectivity index is 2.84. The van der Waals surface area contributed by atoms with Crippen molar-refractivity contribution < 1.29 is 5.11 Å². The average molecular weight is 211 g/mol. The second-order valence-corrected chi connectivity index (χ2v) is 6.16. The van der Waals surface area contributed by atoms with Crippen LogP contribution in [0.2, 0.25) is 0 Å². The van der Waals surface area contributed by atoms with Crippen molar-refractivity contribution in [2.75, 3.05) is 0 Å². The number of thioether (sulfide) groups is 1. The Morgan fingerprint density at radius 3 is 2.57 bits per heavy atom. The summed E-state index contributed by atoms with van der Waals surface area (Å²) < 4.78 is 0.157. The summed E-state index contributed by atoms with van der Waals surface area (Å²) in [6.45, 7) is 8.21. The van der Waals surface area contributed by atoms with E-state index in [2.05, 4.69) is 25.8 Å². The minimum Gasteiger partial charge on any atom is -0.389 e. The zero-order chi connectivity index (χ0) is 10.8. The van der Waals surface area contributed by atoms with Gasteiger partial charge in [0.25, 0.3) is 0 Å². The second-order valence-electron chi connectivity index (χ2n) is 4.32. The molecule has 1 N–H and O–H groups in total. The van der Waals surface area contributed by atoms with Crippen LogP contribution in [0.3, 0.4) is 0 Å². The summed E-state index contributed by atoms with van der Waals surface area (Å²) in [5, 5.41) is 10.4. The van der Waals surface area contributed by atoms with E-state index < -0.39 is 6.10 Å². The normalized spacial score (nSPS) is 14.1. The van der Waals surface area contributed by atoms with E-state index >= 15 is 0 Å². The monoisotopic (exact) mass is 211 g/mol. The van der Waals surface area contributed by atoms with Gasteiger partial charge in [0.05, 0.1) is 11.1 Å². The van der Waals surface area contributed by atoms with Crippen LogP contribution in [0.25, 0.3) is 0 Å². The molecule has 1 atom stereocenters. The highest BCUT2D eigenvalue weighted by Gasteiger charge is 2.13. The highest BCUT2D eigenvalue weighted by molar-refractivity contribution is 8.00. The maximum Gasteiger partial charge on any atom is 0.0968 e.